The van der Waals surface area contributed by atoms with Gasteiger partial charge >= 0.3 is 0 Å². The molecule has 81 heavy (non-hydrogen) atoms. The van der Waals surface area contributed by atoms with E-state index in [0.29, 0.717) is 0 Å². The third kappa shape index (κ3) is 5.55. The quantitative estimate of drug-likeness (QED) is 0.0588. The Morgan fingerprint density at radius 2 is 0.309 bits per heavy atom. The Labute approximate surface area is 438 Å². The van der Waals surface area contributed by atoms with Gasteiger partial charge in [-0.3, -0.25) is 0 Å². The molecule has 0 aliphatic carbocycles. The van der Waals surface area contributed by atoms with E-state index >= 15 is 0 Å². The molecular formula is C50H30O31. The minimum atomic E-state index is -1.98. The fourth-order valence-electron chi connectivity index (χ4n) is 10.5. The van der Waals surface area contributed by atoms with Gasteiger partial charge in [0.25, 0.3) is 0 Å². The summed E-state index contributed by atoms with van der Waals surface area (Å²) >= 11 is 0. The molecule has 0 bridgehead atoms. The number of benzene rings is 10. The van der Waals surface area contributed by atoms with Crippen molar-refractivity contribution in [1.82, 2.24) is 0 Å². The largest absolute Gasteiger partial charge is 0.506 e. The summed E-state index contributed by atoms with van der Waals surface area (Å²) in [5, 5.41) is 325. The molecule has 0 aliphatic heterocycles. The van der Waals surface area contributed by atoms with Gasteiger partial charge in [-0.25, -0.2) is 0 Å². The Morgan fingerprint density at radius 3 is 0.654 bits per heavy atom. The van der Waals surface area contributed by atoms with Crippen LogP contribution in [0.3, 0.4) is 0 Å². The maximum Gasteiger partial charge on any atom is 0.205 e. The predicted octanol–water partition coefficient (Wildman–Crippen LogP) is 5.52. The molecule has 0 aliphatic rings. The molecule has 0 atom stereocenters. The monoisotopic (exact) mass is 1130 g/mol. The van der Waals surface area contributed by atoms with E-state index in [9.17, 15) is 153 Å². The lowest BCUT2D eigenvalue weighted by molar-refractivity contribution is 0.347. The van der Waals surface area contributed by atoms with Gasteiger partial charge in [0.2, 0.25) is 69.0 Å². The van der Waals surface area contributed by atoms with Gasteiger partial charge in [0, 0.05) is 65.5 Å². The van der Waals surface area contributed by atoms with Crippen LogP contribution >= 0.6 is 0 Å². The third-order valence-electron chi connectivity index (χ3n) is 14.1. The van der Waals surface area contributed by atoms with Crippen molar-refractivity contribution in [3.63, 3.8) is 0 Å². The van der Waals surface area contributed by atoms with Gasteiger partial charge in [0.1, 0.15) is 11.5 Å². The first-order valence-corrected chi connectivity index (χ1v) is 21.9. The van der Waals surface area contributed by atoms with E-state index in [0.717, 1.165) is 0 Å². The van der Waals surface area contributed by atoms with Crippen molar-refractivity contribution < 1.29 is 158 Å². The summed E-state index contributed by atoms with van der Waals surface area (Å²) in [6.07, 6.45) is 0. The molecule has 11 rings (SSSR count). The molecule has 1 heterocycles. The third-order valence-corrected chi connectivity index (χ3v) is 14.1. The van der Waals surface area contributed by atoms with Gasteiger partial charge in [-0.2, -0.15) is 0 Å². The van der Waals surface area contributed by atoms with Crippen LogP contribution in [0.2, 0.25) is 0 Å². The summed E-state index contributed by atoms with van der Waals surface area (Å²) < 4.78 is 5.59. The zero-order valence-electron chi connectivity index (χ0n) is 38.8. The SMILES string of the molecule is Oc1c(O)c(-c2c3c(O)c(O)c(O)c(O)c3c(-c3c(O)c(O)c(-c4c(O)c(O)c5c(O)c(O)c(O)c(O)c5c4O)c4c(O)c(O)c(O)c(O)c34)c3c(O)c(O)c(O)c(O)c23)c2c(oc3c(O)c4c(O)c(O)c(O)c(O)c4c(O)c32)c1O. The van der Waals surface area contributed by atoms with Crippen LogP contribution in [-0.2, 0) is 0 Å². The van der Waals surface area contributed by atoms with Crippen LogP contribution in [-0.4, -0.2) is 153 Å². The summed E-state index contributed by atoms with van der Waals surface area (Å²) in [4.78, 5) is 0. The fraction of sp³-hybridized carbons (Fsp3) is 0. The van der Waals surface area contributed by atoms with Gasteiger partial charge in [-0.1, -0.05) is 0 Å². The number of rotatable bonds is 3. The second kappa shape index (κ2) is 15.5. The van der Waals surface area contributed by atoms with Crippen LogP contribution in [0.15, 0.2) is 4.42 Å². The predicted molar refractivity (Wildman–Crippen MR) is 268 cm³/mol. The Hall–Kier alpha value is -12.7. The van der Waals surface area contributed by atoms with E-state index in [2.05, 4.69) is 0 Å². The van der Waals surface area contributed by atoms with E-state index < -0.39 is 282 Å². The molecule has 0 saturated heterocycles. The van der Waals surface area contributed by atoms with Crippen LogP contribution in [0.4, 0.5) is 0 Å². The Balaban J connectivity index is 1.46. The maximum atomic E-state index is 12.4. The second-order valence-electron chi connectivity index (χ2n) is 18.0. The summed E-state index contributed by atoms with van der Waals surface area (Å²) in [6, 6.07) is 0. The number of furan rings is 1. The zero-order valence-corrected chi connectivity index (χ0v) is 38.8. The first-order valence-electron chi connectivity index (χ1n) is 21.9. The molecule has 10 aromatic carbocycles. The summed E-state index contributed by atoms with van der Waals surface area (Å²) in [7, 11) is 0. The minimum Gasteiger partial charge on any atom is -0.506 e. The molecule has 31 heteroatoms. The highest BCUT2D eigenvalue weighted by atomic mass is 16.4. The van der Waals surface area contributed by atoms with E-state index in [-0.39, 0.29) is 0 Å². The van der Waals surface area contributed by atoms with Crippen LogP contribution < -0.4 is 0 Å². The van der Waals surface area contributed by atoms with E-state index in [1.165, 1.54) is 0 Å². The number of hydrogen-bond acceptors (Lipinski definition) is 31. The number of phenols is 30. The summed E-state index contributed by atoms with van der Waals surface area (Å²) in [5.41, 5.74) is -11.6. The Kier molecular flexibility index (Phi) is 9.63. The second-order valence-corrected chi connectivity index (χ2v) is 18.0. The molecule has 0 amide bonds. The van der Waals surface area contributed by atoms with Gasteiger partial charge in [0.15, 0.2) is 103 Å². The van der Waals surface area contributed by atoms with Crippen LogP contribution in [0.5, 0.6) is 172 Å². The Morgan fingerprint density at radius 1 is 0.111 bits per heavy atom. The molecule has 0 saturated carbocycles. The Bertz CT molecular complexity index is 4840. The highest BCUT2D eigenvalue weighted by Crippen LogP contribution is 2.71. The number of hydrogen-bond donors (Lipinski definition) is 30. The van der Waals surface area contributed by atoms with Crippen LogP contribution in [0.1, 0.15) is 0 Å². The molecule has 31 nitrogen and oxygen atoms in total. The number of fused-ring (bicyclic) bond motifs is 8. The molecule has 416 valence electrons. The molecule has 0 radical (unpaired) electrons. The molecule has 30 N–H and O–H groups in total. The molecule has 0 spiro atoms. The zero-order chi connectivity index (χ0) is 59.6. The van der Waals surface area contributed by atoms with Crippen molar-refractivity contribution in [2.24, 2.45) is 0 Å². The molecule has 0 unspecified atom stereocenters. The topological polar surface area (TPSA) is 620 Å². The molecule has 0 fully saturated rings. The normalized spacial score (nSPS) is 12.0. The standard InChI is InChI=1S/C50H30O31/c51-19-13(30(62)31(63)16-14(19)32(64)43(75)45(77)34(16)66)11-10-9(28(60)41(73)42(74)29(10)61)7(21(53)22(11)54)1-3-5(25(57)39(71)37(69)23(3)55)2(6-4(1)24(56)38(70)40(72)26(6)58)8-12-18-20(52)15-17(35(67)46(78)44(76)33(15)65)36(68)50(18)81-49(12)48(80)47(79)27(8)59/h51-80H. The molecule has 1 aromatic heterocycles. The van der Waals surface area contributed by atoms with Gasteiger partial charge in [-0.15, -0.1) is 0 Å². The van der Waals surface area contributed by atoms with Crippen molar-refractivity contribution in [1.29, 1.82) is 0 Å². The lowest BCUT2D eigenvalue weighted by Gasteiger charge is -2.26. The van der Waals surface area contributed by atoms with E-state index in [1.54, 1.807) is 0 Å². The molecule has 11 aromatic rings. The first kappa shape index (κ1) is 50.5. The van der Waals surface area contributed by atoms with Crippen molar-refractivity contribution in [2.45, 2.75) is 0 Å². The smallest absolute Gasteiger partial charge is 0.205 e. The van der Waals surface area contributed by atoms with E-state index in [1.807, 2.05) is 0 Å². The maximum absolute atomic E-state index is 12.4. The van der Waals surface area contributed by atoms with Crippen molar-refractivity contribution in [3.05, 3.63) is 0 Å². The highest BCUT2D eigenvalue weighted by Gasteiger charge is 2.42. The van der Waals surface area contributed by atoms with Crippen molar-refractivity contribution in [2.75, 3.05) is 0 Å². The lowest BCUT2D eigenvalue weighted by Crippen LogP contribution is -1.98. The minimum absolute atomic E-state index is 1.12. The summed E-state index contributed by atoms with van der Waals surface area (Å²) in [5.74, 6) is -51.8. The highest BCUT2D eigenvalue weighted by molar-refractivity contribution is 6.36. The van der Waals surface area contributed by atoms with Crippen LogP contribution in [0.25, 0.3) is 109 Å². The lowest BCUT2D eigenvalue weighted by atomic mass is 9.79. The van der Waals surface area contributed by atoms with Gasteiger partial charge < -0.3 is 158 Å². The first-order chi connectivity index (χ1) is 37.8. The van der Waals surface area contributed by atoms with Crippen molar-refractivity contribution >= 4 is 75.8 Å². The molecular weight excluding hydrogens is 1100 g/mol. The number of aromatic hydroxyl groups is 30. The van der Waals surface area contributed by atoms with E-state index in [4.69, 9.17) is 4.42 Å². The van der Waals surface area contributed by atoms with Crippen LogP contribution in [0, 0.1) is 0 Å². The fourth-order valence-corrected chi connectivity index (χ4v) is 10.5. The average molecular weight is 1130 g/mol. The number of phenolic OH excluding ortho intramolecular Hbond substituents is 30. The summed E-state index contributed by atoms with van der Waals surface area (Å²) in [6.45, 7) is 0. The van der Waals surface area contributed by atoms with Gasteiger partial charge in [0.05, 0.1) is 32.5 Å². The van der Waals surface area contributed by atoms with Crippen molar-refractivity contribution in [3.8, 4) is 206 Å². The van der Waals surface area contributed by atoms with Gasteiger partial charge in [-0.05, 0) is 0 Å². The average Bonchev–Trinajstić information content (AvgIpc) is 4.06.